The molecule has 198 valence electrons. The van der Waals surface area contributed by atoms with Crippen molar-refractivity contribution in [1.82, 2.24) is 4.90 Å². The summed E-state index contributed by atoms with van der Waals surface area (Å²) in [5.41, 5.74) is -0.459. The summed E-state index contributed by atoms with van der Waals surface area (Å²) in [7, 11) is -3.99. The topological polar surface area (TPSA) is 107 Å². The van der Waals surface area contributed by atoms with E-state index in [1.165, 1.54) is 12.1 Å². The van der Waals surface area contributed by atoms with Crippen molar-refractivity contribution in [3.05, 3.63) is 58.4 Å². The van der Waals surface area contributed by atoms with Gasteiger partial charge in [-0.2, -0.15) is 0 Å². The number of amides is 1. The van der Waals surface area contributed by atoms with Crippen LogP contribution < -0.4 is 5.32 Å². The van der Waals surface area contributed by atoms with Gasteiger partial charge in [-0.25, -0.2) is 21.6 Å². The lowest BCUT2D eigenvalue weighted by atomic mass is 9.94. The second-order valence-corrected chi connectivity index (χ2v) is 11.5. The number of hydrogen-bond acceptors (Lipinski definition) is 6. The average molecular weight is 549 g/mol. The van der Waals surface area contributed by atoms with Gasteiger partial charge in [0.05, 0.1) is 27.9 Å². The number of halogens is 4. The zero-order valence-electron chi connectivity index (χ0n) is 19.7. The number of sulfone groups is 1. The number of aliphatic hydroxyl groups excluding tert-OH is 2. The maximum absolute atomic E-state index is 13.6. The van der Waals surface area contributed by atoms with Gasteiger partial charge in [-0.15, -0.1) is 0 Å². The molecule has 12 heteroatoms. The van der Waals surface area contributed by atoms with Crippen LogP contribution in [0.25, 0.3) is 0 Å². The van der Waals surface area contributed by atoms with Crippen molar-refractivity contribution in [3.63, 3.8) is 0 Å². The van der Waals surface area contributed by atoms with Crippen molar-refractivity contribution < 1.29 is 36.6 Å². The number of aliphatic hydroxyl groups is 2. The summed E-state index contributed by atoms with van der Waals surface area (Å²) in [6.45, 7) is 3.57. The Morgan fingerprint density at radius 3 is 2.42 bits per heavy atom. The van der Waals surface area contributed by atoms with Crippen LogP contribution >= 0.6 is 11.6 Å². The molecule has 1 fully saturated rings. The van der Waals surface area contributed by atoms with E-state index < -0.39 is 51.2 Å². The van der Waals surface area contributed by atoms with E-state index in [1.807, 2.05) is 18.7 Å². The number of carbonyl (C=O) groups excluding carboxylic acids is 1. The summed E-state index contributed by atoms with van der Waals surface area (Å²) in [4.78, 5) is 14.4. The van der Waals surface area contributed by atoms with E-state index in [0.717, 1.165) is 6.07 Å². The molecule has 1 saturated heterocycles. The Morgan fingerprint density at radius 1 is 1.19 bits per heavy atom. The Hall–Kier alpha value is -2.18. The standard InChI is InChI=1S/C24H28ClF3N2O5S/c1-3-16-10-18(6-13(2)30(16)11-17(32)12-31)36(34,35)22-7-14(4-5-19(22)25)24(33)29-15-8-20(26)23(28)21(27)9-15/h4-5,7-9,13,16-18,31-32H,3,6,10-12H2,1-2H3,(H,29,33)/t13-,16?,17-,18-/m0/s1. The third kappa shape index (κ3) is 6.03. The van der Waals surface area contributed by atoms with Crippen molar-refractivity contribution in [2.24, 2.45) is 0 Å². The fourth-order valence-corrected chi connectivity index (χ4v) is 7.01. The smallest absolute Gasteiger partial charge is 0.255 e. The van der Waals surface area contributed by atoms with Gasteiger partial charge in [0, 0.05) is 42.0 Å². The Bertz CT molecular complexity index is 1210. The van der Waals surface area contributed by atoms with E-state index in [9.17, 15) is 36.6 Å². The van der Waals surface area contributed by atoms with E-state index in [2.05, 4.69) is 5.32 Å². The first-order valence-corrected chi connectivity index (χ1v) is 13.3. The minimum Gasteiger partial charge on any atom is -0.394 e. The van der Waals surface area contributed by atoms with Gasteiger partial charge >= 0.3 is 0 Å². The largest absolute Gasteiger partial charge is 0.394 e. The molecule has 1 heterocycles. The van der Waals surface area contributed by atoms with Crippen LogP contribution in [0, 0.1) is 17.5 Å². The molecule has 1 amide bonds. The van der Waals surface area contributed by atoms with E-state index >= 15 is 0 Å². The Morgan fingerprint density at radius 2 is 1.83 bits per heavy atom. The molecular weight excluding hydrogens is 521 g/mol. The second-order valence-electron chi connectivity index (χ2n) is 8.94. The molecule has 0 aliphatic carbocycles. The first-order valence-electron chi connectivity index (χ1n) is 11.4. The van der Waals surface area contributed by atoms with Gasteiger partial charge in [0.25, 0.3) is 5.91 Å². The van der Waals surface area contributed by atoms with Crippen molar-refractivity contribution in [2.75, 3.05) is 18.5 Å². The number of rotatable bonds is 8. The molecule has 0 aromatic heterocycles. The van der Waals surface area contributed by atoms with Crippen LogP contribution in [0.15, 0.2) is 35.2 Å². The first kappa shape index (κ1) is 28.4. The van der Waals surface area contributed by atoms with Gasteiger partial charge in [-0.05, 0) is 44.4 Å². The fourth-order valence-electron chi connectivity index (χ4n) is 4.57. The number of β-amino-alcohol motifs (C(OH)–C–C–N with tert-alkyl or cyclic N) is 1. The van der Waals surface area contributed by atoms with Crippen LogP contribution in [-0.2, 0) is 9.84 Å². The van der Waals surface area contributed by atoms with Gasteiger partial charge in [0.1, 0.15) is 0 Å². The summed E-state index contributed by atoms with van der Waals surface area (Å²) in [5, 5.41) is 20.4. The Balaban J connectivity index is 1.86. The van der Waals surface area contributed by atoms with E-state index in [-0.39, 0.29) is 52.6 Å². The highest BCUT2D eigenvalue weighted by atomic mass is 35.5. The summed E-state index contributed by atoms with van der Waals surface area (Å²) < 4.78 is 67.4. The predicted octanol–water partition coefficient (Wildman–Crippen LogP) is 3.77. The molecule has 0 saturated carbocycles. The van der Waals surface area contributed by atoms with Crippen molar-refractivity contribution >= 4 is 33.0 Å². The molecule has 1 unspecified atom stereocenters. The lowest BCUT2D eigenvalue weighted by Crippen LogP contribution is -2.53. The van der Waals surface area contributed by atoms with E-state index in [0.29, 0.717) is 18.6 Å². The minimum absolute atomic E-state index is 0.0794. The summed E-state index contributed by atoms with van der Waals surface area (Å²) in [6, 6.07) is 4.47. The maximum Gasteiger partial charge on any atom is 0.255 e. The lowest BCUT2D eigenvalue weighted by Gasteiger charge is -2.44. The molecule has 3 rings (SSSR count). The fraction of sp³-hybridized carbons (Fsp3) is 0.458. The van der Waals surface area contributed by atoms with Crippen molar-refractivity contribution in [3.8, 4) is 0 Å². The SMILES string of the molecule is CCC1C[C@@H](S(=O)(=O)c2cc(C(=O)Nc3cc(F)c(F)c(F)c3)ccc2Cl)C[C@H](C)N1C[C@H](O)CO. The molecule has 1 aliphatic rings. The van der Waals surface area contributed by atoms with Gasteiger partial charge in [-0.3, -0.25) is 9.69 Å². The highest BCUT2D eigenvalue weighted by Gasteiger charge is 2.40. The number of carbonyl (C=O) groups is 1. The number of anilines is 1. The molecule has 2 aromatic rings. The number of likely N-dealkylation sites (tertiary alicyclic amines) is 1. The average Bonchev–Trinajstić information content (AvgIpc) is 2.83. The van der Waals surface area contributed by atoms with Crippen LogP contribution in [0.5, 0.6) is 0 Å². The maximum atomic E-state index is 13.6. The highest BCUT2D eigenvalue weighted by molar-refractivity contribution is 7.92. The first-order chi connectivity index (χ1) is 16.9. The quantitative estimate of drug-likeness (QED) is 0.434. The minimum atomic E-state index is -3.99. The molecular formula is C24H28ClF3N2O5S. The molecule has 3 N–H and O–H groups in total. The van der Waals surface area contributed by atoms with Gasteiger partial charge in [0.2, 0.25) is 0 Å². The number of hydrogen-bond donors (Lipinski definition) is 3. The molecule has 0 spiro atoms. The van der Waals surface area contributed by atoms with Gasteiger partial charge in [0.15, 0.2) is 27.3 Å². The second kappa shape index (κ2) is 11.5. The Kier molecular flexibility index (Phi) is 9.05. The van der Waals surface area contributed by atoms with Crippen LogP contribution in [0.4, 0.5) is 18.9 Å². The van der Waals surface area contributed by atoms with E-state index in [4.69, 9.17) is 11.6 Å². The predicted molar refractivity (Wildman–Crippen MR) is 129 cm³/mol. The normalized spacial score (nSPS) is 21.8. The van der Waals surface area contributed by atoms with Crippen molar-refractivity contribution in [1.29, 1.82) is 0 Å². The van der Waals surface area contributed by atoms with Crippen LogP contribution in [0.1, 0.15) is 43.5 Å². The third-order valence-electron chi connectivity index (χ3n) is 6.46. The number of benzene rings is 2. The van der Waals surface area contributed by atoms with Crippen LogP contribution in [-0.4, -0.2) is 66.0 Å². The number of nitrogens with one attached hydrogen (secondary N) is 1. The zero-order valence-corrected chi connectivity index (χ0v) is 21.3. The molecule has 7 nitrogen and oxygen atoms in total. The summed E-state index contributed by atoms with van der Waals surface area (Å²) in [6.07, 6.45) is 0.192. The molecule has 36 heavy (non-hydrogen) atoms. The third-order valence-corrected chi connectivity index (χ3v) is 9.11. The van der Waals surface area contributed by atoms with Crippen LogP contribution in [0.3, 0.4) is 0 Å². The number of nitrogens with zero attached hydrogens (tertiary/aromatic N) is 1. The Labute approximate surface area is 212 Å². The molecule has 2 aromatic carbocycles. The lowest BCUT2D eigenvalue weighted by molar-refractivity contribution is 0.0109. The van der Waals surface area contributed by atoms with E-state index in [1.54, 1.807) is 0 Å². The number of piperidine rings is 1. The molecule has 0 bridgehead atoms. The zero-order chi connectivity index (χ0) is 26.8. The highest BCUT2D eigenvalue weighted by Crippen LogP contribution is 2.35. The molecule has 4 atom stereocenters. The van der Waals surface area contributed by atoms with Crippen LogP contribution in [0.2, 0.25) is 5.02 Å². The summed E-state index contributed by atoms with van der Waals surface area (Å²) >= 11 is 6.22. The van der Waals surface area contributed by atoms with Gasteiger partial charge in [-0.1, -0.05) is 18.5 Å². The van der Waals surface area contributed by atoms with Gasteiger partial charge < -0.3 is 15.5 Å². The monoisotopic (exact) mass is 548 g/mol. The molecule has 0 radical (unpaired) electrons. The summed E-state index contributed by atoms with van der Waals surface area (Å²) in [5.74, 6) is -5.50. The molecule has 1 aliphatic heterocycles. The van der Waals surface area contributed by atoms with Crippen molar-refractivity contribution in [2.45, 2.75) is 61.4 Å².